The maximum Gasteiger partial charge on any atom is 0.138 e. The van der Waals surface area contributed by atoms with Crippen molar-refractivity contribution in [2.24, 2.45) is 0 Å². The van der Waals surface area contributed by atoms with Gasteiger partial charge in [0.25, 0.3) is 0 Å². The minimum atomic E-state index is -0.462. The molecule has 1 aromatic heterocycles. The van der Waals surface area contributed by atoms with Crippen LogP contribution >= 0.6 is 0 Å². The van der Waals surface area contributed by atoms with Crippen molar-refractivity contribution in [1.82, 2.24) is 9.97 Å². The van der Waals surface area contributed by atoms with Gasteiger partial charge in [0.15, 0.2) is 0 Å². The second-order valence-electron chi connectivity index (χ2n) is 6.19. The quantitative estimate of drug-likeness (QED) is 0.713. The van der Waals surface area contributed by atoms with Gasteiger partial charge in [-0.1, -0.05) is 20.8 Å². The number of anilines is 2. The molecule has 6 heteroatoms. The van der Waals surface area contributed by atoms with Crippen molar-refractivity contribution in [2.45, 2.75) is 45.6 Å². The third kappa shape index (κ3) is 5.13. The third-order valence-electron chi connectivity index (χ3n) is 3.18. The summed E-state index contributed by atoms with van der Waals surface area (Å²) in [4.78, 5) is 9.18. The third-order valence-corrected chi connectivity index (χ3v) is 3.18. The molecular weight excluding hydrogens is 268 g/mol. The lowest BCUT2D eigenvalue weighted by Gasteiger charge is -2.21. The van der Waals surface area contributed by atoms with Crippen LogP contribution in [0.3, 0.4) is 0 Å². The Morgan fingerprint density at radius 1 is 1.24 bits per heavy atom. The first-order valence-electron chi connectivity index (χ1n) is 7.27. The summed E-state index contributed by atoms with van der Waals surface area (Å²) in [5.74, 6) is 2.43. The number of rotatable bonds is 7. The number of hydrogen-bond acceptors (Lipinski definition) is 6. The minimum absolute atomic E-state index is 0.120. The molecule has 3 N–H and O–H groups in total. The highest BCUT2D eigenvalue weighted by Crippen LogP contribution is 2.26. The van der Waals surface area contributed by atoms with Crippen LogP contribution in [0.2, 0.25) is 0 Å². The smallest absolute Gasteiger partial charge is 0.138 e. The van der Waals surface area contributed by atoms with Crippen molar-refractivity contribution in [3.05, 3.63) is 11.4 Å². The van der Waals surface area contributed by atoms with Crippen LogP contribution in [0.1, 0.15) is 38.6 Å². The Morgan fingerprint density at radius 3 is 2.38 bits per heavy atom. The van der Waals surface area contributed by atoms with Gasteiger partial charge in [-0.2, -0.15) is 0 Å². The van der Waals surface area contributed by atoms with Gasteiger partial charge in [0.05, 0.1) is 12.7 Å². The van der Waals surface area contributed by atoms with Crippen molar-refractivity contribution in [3.8, 4) is 0 Å². The number of aliphatic hydroxyl groups is 1. The zero-order valence-corrected chi connectivity index (χ0v) is 13.9. The highest BCUT2D eigenvalue weighted by molar-refractivity contribution is 5.57. The molecule has 0 saturated heterocycles. The summed E-state index contributed by atoms with van der Waals surface area (Å²) in [6.45, 7) is 9.22. The molecule has 1 heterocycles. The fraction of sp³-hybridized carbons (Fsp3) is 0.733. The monoisotopic (exact) mass is 296 g/mol. The standard InChI is InChI=1S/C15H28N4O2/c1-10-12(16-5)18-14(15(2,3)4)19-13(10)17-8-7-11(20)9-21-6/h11,20H,7-9H2,1-6H3,(H2,16,17,18,19). The van der Waals surface area contributed by atoms with Crippen LogP contribution in [0.25, 0.3) is 0 Å². The number of aliphatic hydroxyl groups excluding tert-OH is 1. The van der Waals surface area contributed by atoms with Crippen LogP contribution in [-0.4, -0.2) is 48.5 Å². The number of aromatic nitrogens is 2. The molecule has 0 spiro atoms. The molecule has 120 valence electrons. The average molecular weight is 296 g/mol. The van der Waals surface area contributed by atoms with Gasteiger partial charge in [-0.25, -0.2) is 9.97 Å². The van der Waals surface area contributed by atoms with Crippen molar-refractivity contribution in [2.75, 3.05) is 37.9 Å². The van der Waals surface area contributed by atoms with Crippen molar-refractivity contribution in [3.63, 3.8) is 0 Å². The molecule has 0 aliphatic carbocycles. The fourth-order valence-corrected chi connectivity index (χ4v) is 1.90. The molecule has 1 rings (SSSR count). The zero-order valence-electron chi connectivity index (χ0n) is 13.9. The molecule has 21 heavy (non-hydrogen) atoms. The molecule has 0 aliphatic heterocycles. The van der Waals surface area contributed by atoms with E-state index >= 15 is 0 Å². The Kier molecular flexibility index (Phi) is 6.36. The van der Waals surface area contributed by atoms with Gasteiger partial charge in [-0.15, -0.1) is 0 Å². The summed E-state index contributed by atoms with van der Waals surface area (Å²) in [6, 6.07) is 0. The zero-order chi connectivity index (χ0) is 16.0. The maximum absolute atomic E-state index is 9.67. The summed E-state index contributed by atoms with van der Waals surface area (Å²) in [6.07, 6.45) is 0.146. The number of methoxy groups -OCH3 is 1. The van der Waals surface area contributed by atoms with Gasteiger partial charge in [0.1, 0.15) is 17.5 Å². The van der Waals surface area contributed by atoms with E-state index in [9.17, 15) is 5.11 Å². The van der Waals surface area contributed by atoms with E-state index in [1.165, 1.54) is 0 Å². The van der Waals surface area contributed by atoms with Crippen molar-refractivity contribution in [1.29, 1.82) is 0 Å². The molecule has 0 aromatic carbocycles. The minimum Gasteiger partial charge on any atom is -0.391 e. The van der Waals surface area contributed by atoms with Crippen LogP contribution in [0.15, 0.2) is 0 Å². The van der Waals surface area contributed by atoms with Gasteiger partial charge < -0.3 is 20.5 Å². The normalized spacial score (nSPS) is 13.1. The summed E-state index contributed by atoms with van der Waals surface area (Å²) in [5, 5.41) is 16.1. The summed E-state index contributed by atoms with van der Waals surface area (Å²) < 4.78 is 4.92. The van der Waals surface area contributed by atoms with E-state index in [2.05, 4.69) is 41.4 Å². The average Bonchev–Trinajstić information content (AvgIpc) is 2.39. The van der Waals surface area contributed by atoms with Gasteiger partial charge in [0, 0.05) is 31.7 Å². The van der Waals surface area contributed by atoms with Crippen LogP contribution in [0, 0.1) is 6.92 Å². The Balaban J connectivity index is 2.85. The van der Waals surface area contributed by atoms with Crippen molar-refractivity contribution < 1.29 is 9.84 Å². The van der Waals surface area contributed by atoms with E-state index in [0.29, 0.717) is 19.6 Å². The van der Waals surface area contributed by atoms with E-state index in [0.717, 1.165) is 23.0 Å². The summed E-state index contributed by atoms with van der Waals surface area (Å²) >= 11 is 0. The SMILES string of the molecule is CNc1nc(C(C)(C)C)nc(NCCC(O)COC)c1C. The van der Waals surface area contributed by atoms with E-state index in [1.807, 2.05) is 14.0 Å². The van der Waals surface area contributed by atoms with Crippen LogP contribution in [0.5, 0.6) is 0 Å². The lowest BCUT2D eigenvalue weighted by molar-refractivity contribution is 0.0615. The molecule has 0 fully saturated rings. The number of ether oxygens (including phenoxy) is 1. The Labute approximate surface area is 127 Å². The molecule has 0 amide bonds. The molecular formula is C15H28N4O2. The molecule has 1 atom stereocenters. The van der Waals surface area contributed by atoms with E-state index in [1.54, 1.807) is 7.11 Å². The molecule has 0 saturated carbocycles. The van der Waals surface area contributed by atoms with Crippen molar-refractivity contribution >= 4 is 11.6 Å². The lowest BCUT2D eigenvalue weighted by Crippen LogP contribution is -2.21. The number of nitrogens with one attached hydrogen (secondary N) is 2. The van der Waals surface area contributed by atoms with E-state index in [4.69, 9.17) is 4.74 Å². The molecule has 1 unspecified atom stereocenters. The lowest BCUT2D eigenvalue weighted by atomic mass is 9.95. The Morgan fingerprint density at radius 2 is 1.86 bits per heavy atom. The molecule has 0 bridgehead atoms. The van der Waals surface area contributed by atoms with Gasteiger partial charge in [-0.05, 0) is 13.3 Å². The van der Waals surface area contributed by atoms with E-state index in [-0.39, 0.29) is 5.41 Å². The van der Waals surface area contributed by atoms with Gasteiger partial charge >= 0.3 is 0 Å². The van der Waals surface area contributed by atoms with Gasteiger partial charge in [0.2, 0.25) is 0 Å². The number of nitrogens with zero attached hydrogens (tertiary/aromatic N) is 2. The first kappa shape index (κ1) is 17.7. The summed E-state index contributed by atoms with van der Waals surface area (Å²) in [5.41, 5.74) is 0.859. The second-order valence-corrected chi connectivity index (χ2v) is 6.19. The van der Waals surface area contributed by atoms with Crippen LogP contribution in [-0.2, 0) is 10.2 Å². The highest BCUT2D eigenvalue weighted by Gasteiger charge is 2.20. The first-order valence-corrected chi connectivity index (χ1v) is 7.27. The topological polar surface area (TPSA) is 79.3 Å². The predicted octanol–water partition coefficient (Wildman–Crippen LogP) is 1.93. The Hall–Kier alpha value is -1.40. The first-order chi connectivity index (χ1) is 9.79. The largest absolute Gasteiger partial charge is 0.391 e. The Bertz CT molecular complexity index is 458. The molecule has 6 nitrogen and oxygen atoms in total. The fourth-order valence-electron chi connectivity index (χ4n) is 1.90. The summed E-state index contributed by atoms with van der Waals surface area (Å²) in [7, 11) is 3.44. The maximum atomic E-state index is 9.67. The second kappa shape index (κ2) is 7.56. The van der Waals surface area contributed by atoms with Gasteiger partial charge in [-0.3, -0.25) is 0 Å². The molecule has 0 aliphatic rings. The van der Waals surface area contributed by atoms with Crippen LogP contribution < -0.4 is 10.6 Å². The van der Waals surface area contributed by atoms with Crippen LogP contribution in [0.4, 0.5) is 11.6 Å². The van der Waals surface area contributed by atoms with E-state index < -0.39 is 6.10 Å². The molecule has 1 aromatic rings. The molecule has 0 radical (unpaired) electrons. The predicted molar refractivity (Wildman–Crippen MR) is 86.0 cm³/mol. The highest BCUT2D eigenvalue weighted by atomic mass is 16.5. The number of hydrogen-bond donors (Lipinski definition) is 3.